The van der Waals surface area contributed by atoms with Gasteiger partial charge in [0.2, 0.25) is 5.91 Å². The lowest BCUT2D eigenvalue weighted by atomic mass is 10.1. The van der Waals surface area contributed by atoms with Crippen LogP contribution in [0.4, 0.5) is 0 Å². The SMILES string of the molecule is CN(CCC#N)C(=O)C1=NNC(=O)CC1. The Morgan fingerprint density at radius 1 is 1.67 bits per heavy atom. The molecule has 0 spiro atoms. The van der Waals surface area contributed by atoms with Crippen LogP contribution in [0.15, 0.2) is 5.10 Å². The van der Waals surface area contributed by atoms with E-state index < -0.39 is 0 Å². The Morgan fingerprint density at radius 2 is 2.40 bits per heavy atom. The summed E-state index contributed by atoms with van der Waals surface area (Å²) in [4.78, 5) is 23.9. The molecule has 0 aliphatic carbocycles. The molecule has 0 unspecified atom stereocenters. The highest BCUT2D eigenvalue weighted by Gasteiger charge is 2.20. The second-order valence-electron chi connectivity index (χ2n) is 3.23. The van der Waals surface area contributed by atoms with Crippen LogP contribution >= 0.6 is 0 Å². The van der Waals surface area contributed by atoms with Crippen molar-refractivity contribution in [1.82, 2.24) is 10.3 Å². The highest BCUT2D eigenvalue weighted by Crippen LogP contribution is 2.02. The quantitative estimate of drug-likeness (QED) is 0.686. The fourth-order valence-electron chi connectivity index (χ4n) is 1.17. The van der Waals surface area contributed by atoms with Gasteiger partial charge in [-0.05, 0) is 0 Å². The third-order valence-electron chi connectivity index (χ3n) is 2.06. The number of nitrogens with one attached hydrogen (secondary N) is 1. The molecule has 0 aromatic rings. The summed E-state index contributed by atoms with van der Waals surface area (Å²) in [5, 5.41) is 12.0. The first-order chi connectivity index (χ1) is 7.15. The summed E-state index contributed by atoms with van der Waals surface area (Å²) < 4.78 is 0. The maximum atomic E-state index is 11.6. The van der Waals surface area contributed by atoms with Gasteiger partial charge in [0.15, 0.2) is 0 Å². The Bertz CT molecular complexity index is 343. The van der Waals surface area contributed by atoms with E-state index in [-0.39, 0.29) is 18.2 Å². The van der Waals surface area contributed by atoms with Crippen molar-refractivity contribution in [1.29, 1.82) is 5.26 Å². The van der Waals surface area contributed by atoms with E-state index in [1.165, 1.54) is 4.90 Å². The highest BCUT2D eigenvalue weighted by atomic mass is 16.2. The monoisotopic (exact) mass is 208 g/mol. The van der Waals surface area contributed by atoms with Gasteiger partial charge in [0, 0.05) is 26.4 Å². The lowest BCUT2D eigenvalue weighted by molar-refractivity contribution is -0.123. The van der Waals surface area contributed by atoms with Crippen molar-refractivity contribution < 1.29 is 9.59 Å². The summed E-state index contributed by atoms with van der Waals surface area (Å²) >= 11 is 0. The highest BCUT2D eigenvalue weighted by molar-refractivity contribution is 6.39. The Kier molecular flexibility index (Phi) is 3.80. The van der Waals surface area contributed by atoms with E-state index in [4.69, 9.17) is 5.26 Å². The fraction of sp³-hybridized carbons (Fsp3) is 0.556. The molecule has 0 saturated heterocycles. The minimum Gasteiger partial charge on any atom is -0.340 e. The molecule has 0 atom stereocenters. The number of carbonyl (C=O) groups excluding carboxylic acids is 2. The van der Waals surface area contributed by atoms with Gasteiger partial charge in [-0.1, -0.05) is 0 Å². The zero-order valence-corrected chi connectivity index (χ0v) is 8.49. The molecule has 0 fully saturated rings. The first-order valence-corrected chi connectivity index (χ1v) is 4.63. The minimum atomic E-state index is -0.231. The summed E-state index contributed by atoms with van der Waals surface area (Å²) in [6.07, 6.45) is 0.945. The molecule has 6 heteroatoms. The number of nitrogens with zero attached hydrogens (tertiary/aromatic N) is 3. The Hall–Kier alpha value is -1.90. The summed E-state index contributed by atoms with van der Waals surface area (Å²) in [6, 6.07) is 1.96. The molecule has 0 radical (unpaired) electrons. The fourth-order valence-corrected chi connectivity index (χ4v) is 1.17. The zero-order chi connectivity index (χ0) is 11.3. The van der Waals surface area contributed by atoms with Crippen LogP contribution in [0, 0.1) is 11.3 Å². The molecule has 1 N–H and O–H groups in total. The predicted molar refractivity (Wildman–Crippen MR) is 52.7 cm³/mol. The third kappa shape index (κ3) is 3.06. The van der Waals surface area contributed by atoms with Crippen LogP contribution in [0.5, 0.6) is 0 Å². The van der Waals surface area contributed by atoms with Crippen molar-refractivity contribution in [3.63, 3.8) is 0 Å². The van der Waals surface area contributed by atoms with Crippen LogP contribution < -0.4 is 5.43 Å². The number of hydrazone groups is 1. The number of hydrogen-bond donors (Lipinski definition) is 1. The van der Waals surface area contributed by atoms with Crippen molar-refractivity contribution in [2.45, 2.75) is 19.3 Å². The minimum absolute atomic E-state index is 0.175. The summed E-state index contributed by atoms with van der Waals surface area (Å²) in [5.74, 6) is -0.406. The van der Waals surface area contributed by atoms with Gasteiger partial charge >= 0.3 is 0 Å². The Labute approximate surface area is 87.5 Å². The lowest BCUT2D eigenvalue weighted by Crippen LogP contribution is -2.38. The standard InChI is InChI=1S/C9H12N4O2/c1-13(6-2-5-10)9(15)7-3-4-8(14)12-11-7/h2-4,6H2,1H3,(H,12,14). The third-order valence-corrected chi connectivity index (χ3v) is 2.06. The van der Waals surface area contributed by atoms with E-state index in [2.05, 4.69) is 10.5 Å². The van der Waals surface area contributed by atoms with Crippen LogP contribution in [0.25, 0.3) is 0 Å². The van der Waals surface area contributed by atoms with Crippen molar-refractivity contribution in [2.24, 2.45) is 5.10 Å². The van der Waals surface area contributed by atoms with E-state index in [0.717, 1.165) is 0 Å². The van der Waals surface area contributed by atoms with E-state index in [1.54, 1.807) is 7.05 Å². The normalized spacial score (nSPS) is 14.9. The summed E-state index contributed by atoms with van der Waals surface area (Å²) in [6.45, 7) is 0.377. The molecule has 1 aliphatic heterocycles. The zero-order valence-electron chi connectivity index (χ0n) is 8.49. The number of hydrogen-bond acceptors (Lipinski definition) is 4. The van der Waals surface area contributed by atoms with Crippen LogP contribution in [-0.2, 0) is 9.59 Å². The molecule has 2 amide bonds. The molecular weight excluding hydrogens is 196 g/mol. The van der Waals surface area contributed by atoms with Gasteiger partial charge in [0.25, 0.3) is 5.91 Å². The van der Waals surface area contributed by atoms with E-state index >= 15 is 0 Å². The number of carbonyl (C=O) groups is 2. The van der Waals surface area contributed by atoms with E-state index in [9.17, 15) is 9.59 Å². The lowest BCUT2D eigenvalue weighted by Gasteiger charge is -2.18. The Morgan fingerprint density at radius 3 is 2.93 bits per heavy atom. The molecule has 1 aliphatic rings. The van der Waals surface area contributed by atoms with Crippen molar-refractivity contribution >= 4 is 17.5 Å². The average molecular weight is 208 g/mol. The molecule has 0 bridgehead atoms. The Balaban J connectivity index is 2.53. The molecule has 6 nitrogen and oxygen atoms in total. The first kappa shape index (κ1) is 11.2. The molecule has 15 heavy (non-hydrogen) atoms. The average Bonchev–Trinajstić information content (AvgIpc) is 2.26. The molecule has 0 saturated carbocycles. The summed E-state index contributed by atoms with van der Waals surface area (Å²) in [5.41, 5.74) is 2.60. The maximum absolute atomic E-state index is 11.6. The number of nitriles is 1. The van der Waals surface area contributed by atoms with Gasteiger partial charge in [-0.2, -0.15) is 10.4 Å². The van der Waals surface area contributed by atoms with Crippen molar-refractivity contribution in [3.8, 4) is 6.07 Å². The largest absolute Gasteiger partial charge is 0.340 e. The van der Waals surface area contributed by atoms with Gasteiger partial charge in [-0.15, -0.1) is 0 Å². The van der Waals surface area contributed by atoms with Crippen LogP contribution in [0.1, 0.15) is 19.3 Å². The maximum Gasteiger partial charge on any atom is 0.269 e. The van der Waals surface area contributed by atoms with Gasteiger partial charge in [0.1, 0.15) is 5.71 Å². The van der Waals surface area contributed by atoms with E-state index in [1.807, 2.05) is 6.07 Å². The topological polar surface area (TPSA) is 85.6 Å². The number of rotatable bonds is 3. The van der Waals surface area contributed by atoms with Crippen LogP contribution in [0.2, 0.25) is 0 Å². The molecular formula is C9H12N4O2. The predicted octanol–water partition coefficient (Wildman–Crippen LogP) is -0.376. The van der Waals surface area contributed by atoms with Crippen molar-refractivity contribution in [2.75, 3.05) is 13.6 Å². The van der Waals surface area contributed by atoms with Gasteiger partial charge in [0.05, 0.1) is 12.5 Å². The van der Waals surface area contributed by atoms with Crippen LogP contribution in [0.3, 0.4) is 0 Å². The molecule has 1 rings (SSSR count). The van der Waals surface area contributed by atoms with Gasteiger partial charge in [-0.25, -0.2) is 5.43 Å². The molecule has 0 aromatic carbocycles. The number of amides is 2. The second kappa shape index (κ2) is 5.10. The first-order valence-electron chi connectivity index (χ1n) is 4.63. The van der Waals surface area contributed by atoms with E-state index in [0.29, 0.717) is 25.1 Å². The van der Waals surface area contributed by atoms with Gasteiger partial charge in [-0.3, -0.25) is 9.59 Å². The second-order valence-corrected chi connectivity index (χ2v) is 3.23. The van der Waals surface area contributed by atoms with Gasteiger partial charge < -0.3 is 4.90 Å². The molecule has 0 aromatic heterocycles. The van der Waals surface area contributed by atoms with Crippen molar-refractivity contribution in [3.05, 3.63) is 0 Å². The molecule has 80 valence electrons. The smallest absolute Gasteiger partial charge is 0.269 e. The van der Waals surface area contributed by atoms with Crippen LogP contribution in [-0.4, -0.2) is 36.0 Å². The molecule has 1 heterocycles. The summed E-state index contributed by atoms with van der Waals surface area (Å²) in [7, 11) is 1.61.